The van der Waals surface area contributed by atoms with Crippen molar-refractivity contribution in [1.82, 2.24) is 0 Å². The molecule has 0 N–H and O–H groups in total. The summed E-state index contributed by atoms with van der Waals surface area (Å²) in [7, 11) is 0. The Kier molecular flexibility index (Phi) is 14.1. The van der Waals surface area contributed by atoms with Gasteiger partial charge in [-0.05, 0) is 49.4 Å². The molecule has 1 saturated heterocycles. The van der Waals surface area contributed by atoms with Gasteiger partial charge < -0.3 is 4.74 Å². The summed E-state index contributed by atoms with van der Waals surface area (Å²) < 4.78 is 5.39. The van der Waals surface area contributed by atoms with Crippen LogP contribution in [0.2, 0.25) is 0 Å². The van der Waals surface area contributed by atoms with Crippen LogP contribution in [0.25, 0.3) is 0 Å². The molecule has 0 aromatic rings. The Morgan fingerprint density at radius 1 is 0.480 bits per heavy atom. The first kappa shape index (κ1) is 25.0. The Hall–Kier alpha value is 0.0249. The third-order valence-corrected chi connectivity index (χ3v) is 6.34. The zero-order valence-electron chi connectivity index (χ0n) is 18.2. The summed E-state index contributed by atoms with van der Waals surface area (Å²) in [4.78, 5) is 0. The molecular weight excluding hydrogens is 303 g/mol. The van der Waals surface area contributed by atoms with Crippen LogP contribution in [0.3, 0.4) is 0 Å². The Bertz CT molecular complexity index is 211. The summed E-state index contributed by atoms with van der Waals surface area (Å²) >= 11 is 0. The monoisotopic (exact) mass is 351 g/mol. The molecule has 0 aromatic carbocycles. The number of hydrogen-bond acceptors (Lipinski definition) is 1. The standard InChI is InChI=1S/2C8H16.C7H14O.B.H2/c2*1-7-3-5-8(2)6-4-7;1-6-3-4-7(2)8-5-6;;/h2*7-8H,3-6H2,1-2H3;6-7H,3-5H2,1-2H3;;1H. The van der Waals surface area contributed by atoms with Gasteiger partial charge in [0.2, 0.25) is 0 Å². The van der Waals surface area contributed by atoms with Gasteiger partial charge in [0.25, 0.3) is 0 Å². The van der Waals surface area contributed by atoms with Crippen molar-refractivity contribution in [3.63, 3.8) is 0 Å². The summed E-state index contributed by atoms with van der Waals surface area (Å²) in [5, 5.41) is 0. The van der Waals surface area contributed by atoms with Crippen molar-refractivity contribution in [2.45, 2.75) is 112 Å². The molecular formula is C23H48BO. The highest BCUT2D eigenvalue weighted by molar-refractivity contribution is 5.75. The first-order chi connectivity index (χ1) is 11.4. The van der Waals surface area contributed by atoms with E-state index < -0.39 is 0 Å². The van der Waals surface area contributed by atoms with Crippen LogP contribution >= 0.6 is 0 Å². The van der Waals surface area contributed by atoms with Crippen molar-refractivity contribution < 1.29 is 6.16 Å². The maximum Gasteiger partial charge on any atom is 0.0547 e. The van der Waals surface area contributed by atoms with E-state index in [0.29, 0.717) is 6.10 Å². The third-order valence-electron chi connectivity index (χ3n) is 6.34. The van der Waals surface area contributed by atoms with Crippen molar-refractivity contribution >= 4 is 8.41 Å². The van der Waals surface area contributed by atoms with E-state index in [0.717, 1.165) is 36.2 Å². The molecule has 1 heterocycles. The minimum absolute atomic E-state index is 0. The molecule has 3 radical (unpaired) electrons. The van der Waals surface area contributed by atoms with Gasteiger partial charge in [-0.15, -0.1) is 0 Å². The van der Waals surface area contributed by atoms with Gasteiger partial charge in [0.15, 0.2) is 0 Å². The molecule has 1 aliphatic heterocycles. The molecule has 2 atom stereocenters. The highest BCUT2D eigenvalue weighted by Crippen LogP contribution is 2.27. The lowest BCUT2D eigenvalue weighted by atomic mass is 9.84. The van der Waals surface area contributed by atoms with E-state index in [9.17, 15) is 0 Å². The second-order valence-electron chi connectivity index (χ2n) is 9.56. The molecule has 149 valence electrons. The van der Waals surface area contributed by atoms with E-state index in [1.54, 1.807) is 0 Å². The summed E-state index contributed by atoms with van der Waals surface area (Å²) in [6.45, 7) is 14.8. The lowest BCUT2D eigenvalue weighted by molar-refractivity contribution is 0.000267. The summed E-state index contributed by atoms with van der Waals surface area (Å²) in [5.41, 5.74) is 0. The van der Waals surface area contributed by atoms with Crippen LogP contribution in [0, 0.1) is 29.6 Å². The quantitative estimate of drug-likeness (QED) is 0.414. The predicted octanol–water partition coefficient (Wildman–Crippen LogP) is 7.35. The van der Waals surface area contributed by atoms with E-state index in [-0.39, 0.29) is 9.84 Å². The molecule has 2 saturated carbocycles. The van der Waals surface area contributed by atoms with Crippen molar-refractivity contribution in [2.24, 2.45) is 29.6 Å². The molecule has 0 spiro atoms. The van der Waals surface area contributed by atoms with E-state index in [1.165, 1.54) is 64.2 Å². The van der Waals surface area contributed by atoms with Crippen LogP contribution in [0.1, 0.15) is 107 Å². The van der Waals surface area contributed by atoms with E-state index in [2.05, 4.69) is 41.5 Å². The maximum absolute atomic E-state index is 5.39. The molecule has 2 aliphatic carbocycles. The average Bonchev–Trinajstić information content (AvgIpc) is 2.57. The Balaban J connectivity index is 0. The normalized spacial score (nSPS) is 38.2. The van der Waals surface area contributed by atoms with Gasteiger partial charge in [-0.2, -0.15) is 0 Å². The van der Waals surface area contributed by atoms with Crippen LogP contribution in [0.4, 0.5) is 0 Å². The predicted molar refractivity (Wildman–Crippen MR) is 115 cm³/mol. The van der Waals surface area contributed by atoms with Crippen LogP contribution in [0.5, 0.6) is 0 Å². The number of rotatable bonds is 0. The summed E-state index contributed by atoms with van der Waals surface area (Å²) in [5.74, 6) is 4.88. The Morgan fingerprint density at radius 3 is 0.960 bits per heavy atom. The fourth-order valence-corrected chi connectivity index (χ4v) is 3.87. The summed E-state index contributed by atoms with van der Waals surface area (Å²) in [6.07, 6.45) is 14.9. The molecule has 3 aliphatic rings. The zero-order valence-corrected chi connectivity index (χ0v) is 18.2. The lowest BCUT2D eigenvalue weighted by Crippen LogP contribution is -2.21. The fourth-order valence-electron chi connectivity index (χ4n) is 3.87. The Labute approximate surface area is 163 Å². The highest BCUT2D eigenvalue weighted by Gasteiger charge is 2.14. The minimum Gasteiger partial charge on any atom is -0.378 e. The molecule has 0 amide bonds. The van der Waals surface area contributed by atoms with E-state index >= 15 is 0 Å². The van der Waals surface area contributed by atoms with Gasteiger partial charge in [0.05, 0.1) is 6.10 Å². The van der Waals surface area contributed by atoms with Gasteiger partial charge in [0, 0.05) is 16.4 Å². The van der Waals surface area contributed by atoms with Gasteiger partial charge in [-0.25, -0.2) is 0 Å². The largest absolute Gasteiger partial charge is 0.378 e. The SMILES string of the molecule is CC1CCC(C)CC1.CC1CCC(C)CC1.CC1CCC(C)OC1.[B].[HH]. The topological polar surface area (TPSA) is 9.23 Å². The number of ether oxygens (including phenoxy) is 1. The van der Waals surface area contributed by atoms with Gasteiger partial charge in [-0.3, -0.25) is 0 Å². The van der Waals surface area contributed by atoms with Crippen molar-refractivity contribution in [1.29, 1.82) is 0 Å². The summed E-state index contributed by atoms with van der Waals surface area (Å²) in [6, 6.07) is 0. The van der Waals surface area contributed by atoms with E-state index in [4.69, 9.17) is 4.74 Å². The van der Waals surface area contributed by atoms with Crippen LogP contribution < -0.4 is 0 Å². The third kappa shape index (κ3) is 12.9. The molecule has 1 nitrogen and oxygen atoms in total. The average molecular weight is 351 g/mol. The van der Waals surface area contributed by atoms with Crippen LogP contribution in [-0.4, -0.2) is 21.1 Å². The Morgan fingerprint density at radius 2 is 0.760 bits per heavy atom. The van der Waals surface area contributed by atoms with Crippen LogP contribution in [0.15, 0.2) is 0 Å². The molecule has 3 fully saturated rings. The van der Waals surface area contributed by atoms with Crippen molar-refractivity contribution in [3.8, 4) is 0 Å². The zero-order chi connectivity index (χ0) is 17.9. The highest BCUT2D eigenvalue weighted by atomic mass is 16.5. The van der Waals surface area contributed by atoms with Gasteiger partial charge >= 0.3 is 0 Å². The molecule has 0 bridgehead atoms. The molecule has 3 rings (SSSR count). The van der Waals surface area contributed by atoms with Gasteiger partial charge in [0.1, 0.15) is 0 Å². The lowest BCUT2D eigenvalue weighted by Gasteiger charge is -2.23. The molecule has 25 heavy (non-hydrogen) atoms. The van der Waals surface area contributed by atoms with Crippen LogP contribution in [-0.2, 0) is 4.74 Å². The smallest absolute Gasteiger partial charge is 0.0547 e. The molecule has 2 unspecified atom stereocenters. The second-order valence-corrected chi connectivity index (χ2v) is 9.56. The molecule has 0 aromatic heterocycles. The first-order valence-corrected chi connectivity index (χ1v) is 11.0. The van der Waals surface area contributed by atoms with Gasteiger partial charge in [-0.1, -0.05) is 86.0 Å². The minimum atomic E-state index is 0. The fraction of sp³-hybridized carbons (Fsp3) is 1.00. The maximum atomic E-state index is 5.39. The molecule has 2 heteroatoms. The van der Waals surface area contributed by atoms with Crippen molar-refractivity contribution in [2.75, 3.05) is 6.61 Å². The second kappa shape index (κ2) is 14.1. The first-order valence-electron chi connectivity index (χ1n) is 11.0. The number of hydrogen-bond donors (Lipinski definition) is 0. The van der Waals surface area contributed by atoms with E-state index in [1.807, 2.05) is 0 Å². The van der Waals surface area contributed by atoms with Crippen molar-refractivity contribution in [3.05, 3.63) is 0 Å².